The summed E-state index contributed by atoms with van der Waals surface area (Å²) in [7, 11) is 0. The van der Waals surface area contributed by atoms with Crippen LogP contribution in [0, 0.1) is 6.92 Å². The molecule has 0 aliphatic carbocycles. The van der Waals surface area contributed by atoms with Gasteiger partial charge in [-0.15, -0.1) is 0 Å². The van der Waals surface area contributed by atoms with Crippen LogP contribution < -0.4 is 10.9 Å². The maximum atomic E-state index is 11.8. The van der Waals surface area contributed by atoms with Gasteiger partial charge in [-0.2, -0.15) is 0 Å². The molecule has 20 heavy (non-hydrogen) atoms. The molecule has 0 aliphatic rings. The molecule has 0 unspecified atom stereocenters. The Balaban J connectivity index is 2.35. The Kier molecular flexibility index (Phi) is 4.04. The molecule has 2 rings (SSSR count). The van der Waals surface area contributed by atoms with E-state index in [1.54, 1.807) is 6.07 Å². The first kappa shape index (κ1) is 14.5. The van der Waals surface area contributed by atoms with Crippen LogP contribution in [-0.2, 0) is 6.54 Å². The van der Waals surface area contributed by atoms with Crippen molar-refractivity contribution in [2.24, 2.45) is 0 Å². The molecule has 4 heteroatoms. The Morgan fingerprint density at radius 1 is 1.25 bits per heavy atom. The third-order valence-corrected chi connectivity index (χ3v) is 2.99. The minimum Gasteiger partial charge on any atom is -0.307 e. The Hall–Kier alpha value is -1.94. The van der Waals surface area contributed by atoms with Gasteiger partial charge in [-0.3, -0.25) is 4.79 Å². The highest BCUT2D eigenvalue weighted by Crippen LogP contribution is 2.18. The molecule has 0 saturated heterocycles. The van der Waals surface area contributed by atoms with Gasteiger partial charge in [-0.1, -0.05) is 24.3 Å². The Labute approximate surface area is 119 Å². The van der Waals surface area contributed by atoms with E-state index < -0.39 is 0 Å². The molecule has 2 aromatic rings. The van der Waals surface area contributed by atoms with Crippen LogP contribution in [0.3, 0.4) is 0 Å². The van der Waals surface area contributed by atoms with E-state index >= 15 is 0 Å². The van der Waals surface area contributed by atoms with Crippen molar-refractivity contribution in [3.63, 3.8) is 0 Å². The molecule has 106 valence electrons. The van der Waals surface area contributed by atoms with Crippen molar-refractivity contribution < 1.29 is 0 Å². The molecule has 0 aliphatic heterocycles. The summed E-state index contributed by atoms with van der Waals surface area (Å²) in [5, 5.41) is 3.34. The highest BCUT2D eigenvalue weighted by atomic mass is 16.1. The molecule has 0 saturated carbocycles. The lowest BCUT2D eigenvalue weighted by molar-refractivity contribution is 0.421. The molecular weight excluding hydrogens is 250 g/mol. The molecule has 1 aromatic heterocycles. The van der Waals surface area contributed by atoms with Crippen molar-refractivity contribution in [2.45, 2.75) is 39.8 Å². The molecule has 4 nitrogen and oxygen atoms in total. The van der Waals surface area contributed by atoms with Crippen LogP contribution in [0.4, 0.5) is 0 Å². The Bertz CT molecular complexity index is 653. The topological polar surface area (TPSA) is 57.8 Å². The molecule has 0 fully saturated rings. The van der Waals surface area contributed by atoms with Crippen LogP contribution in [-0.4, -0.2) is 15.5 Å². The first-order valence-electron chi connectivity index (χ1n) is 6.76. The van der Waals surface area contributed by atoms with Crippen molar-refractivity contribution in [3.05, 3.63) is 51.9 Å². The number of H-pyrrole nitrogens is 1. The first-order valence-corrected chi connectivity index (χ1v) is 6.76. The van der Waals surface area contributed by atoms with Gasteiger partial charge in [0.1, 0.15) is 5.82 Å². The van der Waals surface area contributed by atoms with E-state index in [1.807, 2.05) is 31.2 Å². The predicted octanol–water partition coefficient (Wildman–Crippen LogP) is 2.63. The smallest absolute Gasteiger partial charge is 0.251 e. The molecule has 0 radical (unpaired) electrons. The Morgan fingerprint density at radius 2 is 1.95 bits per heavy atom. The minimum absolute atomic E-state index is 0.00684. The molecule has 0 atom stereocenters. The summed E-state index contributed by atoms with van der Waals surface area (Å²) in [5.74, 6) is 0.626. The molecule has 1 aromatic carbocycles. The molecule has 0 amide bonds. The molecular formula is C16H21N3O. The highest BCUT2D eigenvalue weighted by molar-refractivity contribution is 5.59. The maximum Gasteiger partial charge on any atom is 0.251 e. The Morgan fingerprint density at radius 3 is 2.60 bits per heavy atom. The van der Waals surface area contributed by atoms with Crippen LogP contribution in [0.5, 0.6) is 0 Å². The van der Waals surface area contributed by atoms with E-state index in [-0.39, 0.29) is 11.1 Å². The van der Waals surface area contributed by atoms with Gasteiger partial charge in [0, 0.05) is 23.7 Å². The third-order valence-electron chi connectivity index (χ3n) is 2.99. The molecule has 1 heterocycles. The van der Waals surface area contributed by atoms with Crippen LogP contribution in [0.2, 0.25) is 0 Å². The van der Waals surface area contributed by atoms with Gasteiger partial charge in [0.15, 0.2) is 0 Å². The average molecular weight is 271 g/mol. The SMILES string of the molecule is Cc1ccccc1-c1nc(CNC(C)(C)C)cc(=O)[nH]1. The number of hydrogen-bond acceptors (Lipinski definition) is 3. The van der Waals surface area contributed by atoms with Crippen LogP contribution >= 0.6 is 0 Å². The number of nitrogens with one attached hydrogen (secondary N) is 2. The third kappa shape index (κ3) is 3.78. The number of rotatable bonds is 3. The second kappa shape index (κ2) is 5.59. The van der Waals surface area contributed by atoms with E-state index in [2.05, 4.69) is 36.1 Å². The van der Waals surface area contributed by atoms with E-state index in [9.17, 15) is 4.79 Å². The molecule has 0 spiro atoms. The zero-order chi connectivity index (χ0) is 14.8. The molecule has 0 bridgehead atoms. The van der Waals surface area contributed by atoms with Crippen LogP contribution in [0.25, 0.3) is 11.4 Å². The fourth-order valence-corrected chi connectivity index (χ4v) is 1.92. The number of aromatic nitrogens is 2. The van der Waals surface area contributed by atoms with Crippen molar-refractivity contribution in [1.82, 2.24) is 15.3 Å². The highest BCUT2D eigenvalue weighted by Gasteiger charge is 2.11. The van der Waals surface area contributed by atoms with E-state index in [1.165, 1.54) is 0 Å². The van der Waals surface area contributed by atoms with Crippen molar-refractivity contribution in [2.75, 3.05) is 0 Å². The second-order valence-corrected chi connectivity index (χ2v) is 6.00. The fourth-order valence-electron chi connectivity index (χ4n) is 1.92. The summed E-state index contributed by atoms with van der Waals surface area (Å²) in [4.78, 5) is 19.2. The largest absolute Gasteiger partial charge is 0.307 e. The quantitative estimate of drug-likeness (QED) is 0.902. The van der Waals surface area contributed by atoms with Crippen molar-refractivity contribution >= 4 is 0 Å². The summed E-state index contributed by atoms with van der Waals surface area (Å²) < 4.78 is 0. The summed E-state index contributed by atoms with van der Waals surface area (Å²) in [6.45, 7) is 8.84. The number of hydrogen-bond donors (Lipinski definition) is 2. The monoisotopic (exact) mass is 271 g/mol. The van der Waals surface area contributed by atoms with Gasteiger partial charge in [-0.05, 0) is 33.3 Å². The second-order valence-electron chi connectivity index (χ2n) is 6.00. The van der Waals surface area contributed by atoms with Gasteiger partial charge >= 0.3 is 0 Å². The predicted molar refractivity (Wildman–Crippen MR) is 81.6 cm³/mol. The lowest BCUT2D eigenvalue weighted by Gasteiger charge is -2.20. The summed E-state index contributed by atoms with van der Waals surface area (Å²) in [6, 6.07) is 9.44. The van der Waals surface area contributed by atoms with E-state index in [0.717, 1.165) is 16.8 Å². The number of aryl methyl sites for hydroxylation is 1. The van der Waals surface area contributed by atoms with Gasteiger partial charge in [0.05, 0.1) is 5.69 Å². The van der Waals surface area contributed by atoms with Crippen LogP contribution in [0.1, 0.15) is 32.0 Å². The summed E-state index contributed by atoms with van der Waals surface area (Å²) >= 11 is 0. The van der Waals surface area contributed by atoms with Crippen LogP contribution in [0.15, 0.2) is 35.1 Å². The van der Waals surface area contributed by atoms with E-state index in [0.29, 0.717) is 12.4 Å². The zero-order valence-corrected chi connectivity index (χ0v) is 12.4. The van der Waals surface area contributed by atoms with Crippen molar-refractivity contribution in [3.8, 4) is 11.4 Å². The summed E-state index contributed by atoms with van der Waals surface area (Å²) in [5.41, 5.74) is 2.68. The maximum absolute atomic E-state index is 11.8. The van der Waals surface area contributed by atoms with E-state index in [4.69, 9.17) is 0 Å². The summed E-state index contributed by atoms with van der Waals surface area (Å²) in [6.07, 6.45) is 0. The number of nitrogens with zero attached hydrogens (tertiary/aromatic N) is 1. The number of benzene rings is 1. The lowest BCUT2D eigenvalue weighted by atomic mass is 10.1. The number of aromatic amines is 1. The zero-order valence-electron chi connectivity index (χ0n) is 12.4. The molecule has 2 N–H and O–H groups in total. The van der Waals surface area contributed by atoms with Gasteiger partial charge in [0.25, 0.3) is 5.56 Å². The minimum atomic E-state index is -0.121. The standard InChI is InChI=1S/C16H21N3O/c1-11-7-5-6-8-13(11)15-18-12(9-14(20)19-15)10-17-16(2,3)4/h5-9,17H,10H2,1-4H3,(H,18,19,20). The van der Waals surface area contributed by atoms with Gasteiger partial charge in [0.2, 0.25) is 0 Å². The first-order chi connectivity index (χ1) is 9.35. The lowest BCUT2D eigenvalue weighted by Crippen LogP contribution is -2.35. The van der Waals surface area contributed by atoms with Crippen molar-refractivity contribution in [1.29, 1.82) is 0 Å². The van der Waals surface area contributed by atoms with Gasteiger partial charge < -0.3 is 10.3 Å². The fraction of sp³-hybridized carbons (Fsp3) is 0.375. The average Bonchev–Trinajstić information content (AvgIpc) is 2.35. The normalized spacial score (nSPS) is 11.6. The van der Waals surface area contributed by atoms with Gasteiger partial charge in [-0.25, -0.2) is 4.98 Å².